The summed E-state index contributed by atoms with van der Waals surface area (Å²) in [6.07, 6.45) is 3.43. The standard InChI is InChI=1S/C48H30N6O/c1-4-12-31(13-5-1)36-18-10-20-38(26-36)40-28-41-43-44(55-48(41)49-29-40)42(50-30-51-43)33-22-24-35(25-23-33)46-52-45(34-16-8-3-9-17-34)53-47(54-46)39-21-11-19-37(27-39)32-14-6-2-7-15-32/h1-30H. The molecule has 0 bridgehead atoms. The molecule has 6 aromatic carbocycles. The molecule has 0 aliphatic rings. The molecule has 7 nitrogen and oxygen atoms in total. The van der Waals surface area contributed by atoms with Crippen molar-refractivity contribution in [3.05, 3.63) is 182 Å². The summed E-state index contributed by atoms with van der Waals surface area (Å²) in [7, 11) is 0. The van der Waals surface area contributed by atoms with Crippen LogP contribution in [-0.4, -0.2) is 29.9 Å². The molecular formula is C48H30N6O. The van der Waals surface area contributed by atoms with Crippen molar-refractivity contribution in [2.45, 2.75) is 0 Å². The van der Waals surface area contributed by atoms with Crippen LogP contribution >= 0.6 is 0 Å². The molecule has 10 aromatic rings. The summed E-state index contributed by atoms with van der Waals surface area (Å²) < 4.78 is 6.34. The molecule has 0 fully saturated rings. The van der Waals surface area contributed by atoms with Crippen LogP contribution in [0.4, 0.5) is 0 Å². The number of furan rings is 1. The number of fused-ring (bicyclic) bond motifs is 3. The molecule has 0 saturated heterocycles. The summed E-state index contributed by atoms with van der Waals surface area (Å²) in [5, 5.41) is 0.834. The predicted molar refractivity (Wildman–Crippen MR) is 219 cm³/mol. The Hall–Kier alpha value is -7.64. The van der Waals surface area contributed by atoms with Crippen LogP contribution in [0.3, 0.4) is 0 Å². The second-order valence-corrected chi connectivity index (χ2v) is 13.2. The molecule has 0 amide bonds. The fraction of sp³-hybridized carbons (Fsp3) is 0. The van der Waals surface area contributed by atoms with E-state index >= 15 is 0 Å². The molecule has 0 aliphatic heterocycles. The van der Waals surface area contributed by atoms with Gasteiger partial charge in [0.25, 0.3) is 0 Å². The van der Waals surface area contributed by atoms with Crippen LogP contribution in [0, 0.1) is 0 Å². The van der Waals surface area contributed by atoms with Gasteiger partial charge in [-0.25, -0.2) is 29.9 Å². The lowest BCUT2D eigenvalue weighted by molar-refractivity contribution is 0.652. The Morgan fingerprint density at radius 1 is 0.345 bits per heavy atom. The van der Waals surface area contributed by atoms with E-state index < -0.39 is 0 Å². The normalized spacial score (nSPS) is 11.3. The quantitative estimate of drug-likeness (QED) is 0.163. The molecule has 0 spiro atoms. The molecule has 4 aromatic heterocycles. The van der Waals surface area contributed by atoms with Gasteiger partial charge < -0.3 is 4.42 Å². The summed E-state index contributed by atoms with van der Waals surface area (Å²) in [5.74, 6) is 1.78. The molecule has 10 rings (SSSR count). The Balaban J connectivity index is 1.01. The lowest BCUT2D eigenvalue weighted by atomic mass is 9.99. The Kier molecular flexibility index (Phi) is 8.00. The van der Waals surface area contributed by atoms with Crippen LogP contribution in [0.15, 0.2) is 187 Å². The minimum Gasteiger partial charge on any atom is -0.434 e. The topological polar surface area (TPSA) is 90.5 Å². The van der Waals surface area contributed by atoms with Crippen LogP contribution < -0.4 is 0 Å². The minimum atomic E-state index is 0.513. The molecule has 0 unspecified atom stereocenters. The van der Waals surface area contributed by atoms with Crippen molar-refractivity contribution in [3.8, 4) is 78.8 Å². The summed E-state index contributed by atoms with van der Waals surface area (Å²) in [4.78, 5) is 28.9. The summed E-state index contributed by atoms with van der Waals surface area (Å²) in [5.41, 5.74) is 12.6. The van der Waals surface area contributed by atoms with Crippen LogP contribution in [0.1, 0.15) is 0 Å². The van der Waals surface area contributed by atoms with Crippen molar-refractivity contribution in [1.82, 2.24) is 29.9 Å². The third-order valence-corrected chi connectivity index (χ3v) is 9.72. The van der Waals surface area contributed by atoms with Gasteiger partial charge in [-0.3, -0.25) is 0 Å². The number of pyridine rings is 1. The first kappa shape index (κ1) is 32.0. The molecule has 0 N–H and O–H groups in total. The molecule has 0 radical (unpaired) electrons. The maximum atomic E-state index is 6.34. The average Bonchev–Trinajstić information content (AvgIpc) is 3.66. The maximum Gasteiger partial charge on any atom is 0.229 e. The van der Waals surface area contributed by atoms with Crippen molar-refractivity contribution in [2.24, 2.45) is 0 Å². The smallest absolute Gasteiger partial charge is 0.229 e. The van der Waals surface area contributed by atoms with E-state index in [0.29, 0.717) is 40.0 Å². The second-order valence-electron chi connectivity index (χ2n) is 13.2. The van der Waals surface area contributed by atoms with Gasteiger partial charge in [0.2, 0.25) is 5.71 Å². The van der Waals surface area contributed by atoms with Crippen molar-refractivity contribution in [1.29, 1.82) is 0 Å². The molecule has 4 heterocycles. The summed E-state index contributed by atoms with van der Waals surface area (Å²) in [6, 6.07) is 57.6. The second kappa shape index (κ2) is 13.7. The number of hydrogen-bond donors (Lipinski definition) is 0. The lowest BCUT2D eigenvalue weighted by Crippen LogP contribution is -2.00. The average molecular weight is 707 g/mol. The zero-order valence-corrected chi connectivity index (χ0v) is 29.4. The van der Waals surface area contributed by atoms with Gasteiger partial charge >= 0.3 is 0 Å². The molecule has 55 heavy (non-hydrogen) atoms. The van der Waals surface area contributed by atoms with Crippen molar-refractivity contribution in [3.63, 3.8) is 0 Å². The largest absolute Gasteiger partial charge is 0.434 e. The Labute approximate surface area is 316 Å². The first-order valence-corrected chi connectivity index (χ1v) is 18.0. The van der Waals surface area contributed by atoms with Crippen molar-refractivity contribution < 1.29 is 4.42 Å². The monoisotopic (exact) mass is 706 g/mol. The number of benzene rings is 6. The first-order chi connectivity index (χ1) is 27.2. The Morgan fingerprint density at radius 2 is 0.818 bits per heavy atom. The molecule has 0 atom stereocenters. The van der Waals surface area contributed by atoms with Gasteiger partial charge in [0.1, 0.15) is 17.5 Å². The molecule has 7 heteroatoms. The fourth-order valence-electron chi connectivity index (χ4n) is 6.93. The number of aromatic nitrogens is 6. The third-order valence-electron chi connectivity index (χ3n) is 9.72. The highest BCUT2D eigenvalue weighted by molar-refractivity contribution is 6.06. The Morgan fingerprint density at radius 3 is 1.44 bits per heavy atom. The molecule has 0 saturated carbocycles. The van der Waals surface area contributed by atoms with E-state index in [0.717, 1.165) is 61.0 Å². The summed E-state index contributed by atoms with van der Waals surface area (Å²) in [6.45, 7) is 0. The zero-order chi connectivity index (χ0) is 36.6. The van der Waals surface area contributed by atoms with Crippen LogP contribution in [-0.2, 0) is 0 Å². The van der Waals surface area contributed by atoms with Gasteiger partial charge in [-0.2, -0.15) is 0 Å². The predicted octanol–water partition coefficient (Wildman–Crippen LogP) is 11.6. The van der Waals surface area contributed by atoms with Gasteiger partial charge in [0, 0.05) is 34.0 Å². The van der Waals surface area contributed by atoms with E-state index in [1.54, 1.807) is 6.33 Å². The molecular weight excluding hydrogens is 677 g/mol. The van der Waals surface area contributed by atoms with Crippen LogP contribution in [0.5, 0.6) is 0 Å². The van der Waals surface area contributed by atoms with Crippen molar-refractivity contribution in [2.75, 3.05) is 0 Å². The van der Waals surface area contributed by atoms with Crippen LogP contribution in [0.2, 0.25) is 0 Å². The highest BCUT2D eigenvalue weighted by atomic mass is 16.3. The molecule has 258 valence electrons. The number of nitrogens with zero attached hydrogens (tertiary/aromatic N) is 6. The Bertz CT molecular complexity index is 2970. The minimum absolute atomic E-state index is 0.513. The highest BCUT2D eigenvalue weighted by Gasteiger charge is 2.18. The first-order valence-electron chi connectivity index (χ1n) is 18.0. The number of rotatable bonds is 7. The lowest BCUT2D eigenvalue weighted by Gasteiger charge is -2.10. The SMILES string of the molecule is c1ccc(-c2cccc(-c3cnc4oc5c(-c6ccc(-c7nc(-c8ccccc8)nc(-c8cccc(-c9ccccc9)c8)n7)cc6)ncnc5c4c3)c2)cc1. The molecule has 0 aliphatic carbocycles. The van der Waals surface area contributed by atoms with Crippen molar-refractivity contribution >= 4 is 22.2 Å². The van der Waals surface area contributed by atoms with Gasteiger partial charge in [-0.1, -0.05) is 152 Å². The van der Waals surface area contributed by atoms with E-state index in [1.807, 2.05) is 97.2 Å². The van der Waals surface area contributed by atoms with E-state index in [-0.39, 0.29) is 0 Å². The highest BCUT2D eigenvalue weighted by Crippen LogP contribution is 2.36. The zero-order valence-electron chi connectivity index (χ0n) is 29.4. The van der Waals surface area contributed by atoms with Gasteiger partial charge in [0.05, 0.1) is 5.39 Å². The fourth-order valence-corrected chi connectivity index (χ4v) is 6.93. The maximum absolute atomic E-state index is 6.34. The van der Waals surface area contributed by atoms with E-state index in [9.17, 15) is 0 Å². The van der Waals surface area contributed by atoms with Gasteiger partial charge in [-0.15, -0.1) is 0 Å². The number of hydrogen-bond acceptors (Lipinski definition) is 7. The van der Waals surface area contributed by atoms with Gasteiger partial charge in [-0.05, 0) is 46.0 Å². The van der Waals surface area contributed by atoms with E-state index in [4.69, 9.17) is 24.4 Å². The summed E-state index contributed by atoms with van der Waals surface area (Å²) >= 11 is 0. The van der Waals surface area contributed by atoms with Gasteiger partial charge in [0.15, 0.2) is 23.1 Å². The third kappa shape index (κ3) is 6.19. The van der Waals surface area contributed by atoms with E-state index in [1.165, 1.54) is 0 Å². The van der Waals surface area contributed by atoms with Crippen LogP contribution in [0.25, 0.3) is 101 Å². The van der Waals surface area contributed by atoms with E-state index in [2.05, 4.69) is 88.8 Å².